The monoisotopic (exact) mass is 338 g/mol. The first-order valence-corrected chi connectivity index (χ1v) is 7.41. The van der Waals surface area contributed by atoms with E-state index in [1.54, 1.807) is 0 Å². The summed E-state index contributed by atoms with van der Waals surface area (Å²) < 4.78 is 36.0. The molecule has 1 rings (SSSR count). The van der Waals surface area contributed by atoms with Crippen LogP contribution < -0.4 is 10.5 Å². The summed E-state index contributed by atoms with van der Waals surface area (Å²) in [5.74, 6) is -1.49. The molecule has 0 aliphatic carbocycles. The van der Waals surface area contributed by atoms with Crippen LogP contribution in [0.1, 0.15) is 23.7 Å². The van der Waals surface area contributed by atoms with E-state index < -0.39 is 21.7 Å². The standard InChI is InChI=1S/C10H12BrFN2O3S/c1-2-3-14-10(15)6-4-9(18(13,16)17)7(11)5-8(6)12/h4-5H,2-3H2,1H3,(H,14,15)(H2,13,16,17). The normalized spacial score (nSPS) is 11.3. The van der Waals surface area contributed by atoms with Gasteiger partial charge in [0.25, 0.3) is 5.91 Å². The lowest BCUT2D eigenvalue weighted by Gasteiger charge is -2.08. The van der Waals surface area contributed by atoms with Crippen molar-refractivity contribution in [1.82, 2.24) is 5.32 Å². The van der Waals surface area contributed by atoms with Crippen LogP contribution in [0.2, 0.25) is 0 Å². The number of hydrogen-bond donors (Lipinski definition) is 2. The SMILES string of the molecule is CCCNC(=O)c1cc(S(N)(=O)=O)c(Br)cc1F. The van der Waals surface area contributed by atoms with Gasteiger partial charge in [-0.05, 0) is 34.5 Å². The highest BCUT2D eigenvalue weighted by atomic mass is 79.9. The molecular formula is C10H12BrFN2O3S. The quantitative estimate of drug-likeness (QED) is 0.868. The molecule has 0 atom stereocenters. The molecule has 0 bridgehead atoms. The molecule has 8 heteroatoms. The molecule has 1 amide bonds. The molecule has 1 aromatic rings. The van der Waals surface area contributed by atoms with E-state index in [9.17, 15) is 17.6 Å². The van der Waals surface area contributed by atoms with Gasteiger partial charge in [0.15, 0.2) is 0 Å². The van der Waals surface area contributed by atoms with Crippen molar-refractivity contribution < 1.29 is 17.6 Å². The van der Waals surface area contributed by atoms with E-state index in [1.165, 1.54) is 0 Å². The number of sulfonamides is 1. The van der Waals surface area contributed by atoms with Gasteiger partial charge in [-0.1, -0.05) is 6.92 Å². The molecule has 0 saturated carbocycles. The average molecular weight is 339 g/mol. The van der Waals surface area contributed by atoms with Crippen LogP contribution in [0.4, 0.5) is 4.39 Å². The topological polar surface area (TPSA) is 89.3 Å². The van der Waals surface area contributed by atoms with Crippen molar-refractivity contribution in [1.29, 1.82) is 0 Å². The Morgan fingerprint density at radius 3 is 2.61 bits per heavy atom. The zero-order valence-electron chi connectivity index (χ0n) is 9.54. The highest BCUT2D eigenvalue weighted by molar-refractivity contribution is 9.10. The third kappa shape index (κ3) is 3.50. The molecule has 0 fully saturated rings. The summed E-state index contributed by atoms with van der Waals surface area (Å²) >= 11 is 2.89. The zero-order valence-corrected chi connectivity index (χ0v) is 11.9. The van der Waals surface area contributed by atoms with Crippen molar-refractivity contribution in [2.45, 2.75) is 18.2 Å². The summed E-state index contributed by atoms with van der Waals surface area (Å²) in [7, 11) is -4.02. The maximum atomic E-state index is 13.6. The Morgan fingerprint density at radius 2 is 2.11 bits per heavy atom. The van der Waals surface area contributed by atoms with E-state index in [-0.39, 0.29) is 14.9 Å². The summed E-state index contributed by atoms with van der Waals surface area (Å²) in [6.07, 6.45) is 0.686. The van der Waals surface area contributed by atoms with Crippen molar-refractivity contribution in [2.75, 3.05) is 6.54 Å². The third-order valence-corrected chi connectivity index (χ3v) is 3.98. The number of carbonyl (C=O) groups is 1. The minimum atomic E-state index is -4.02. The summed E-state index contributed by atoms with van der Waals surface area (Å²) in [6, 6.07) is 1.82. The maximum Gasteiger partial charge on any atom is 0.254 e. The summed E-state index contributed by atoms with van der Waals surface area (Å²) in [5, 5.41) is 7.42. The lowest BCUT2D eigenvalue weighted by atomic mass is 10.2. The number of nitrogens with one attached hydrogen (secondary N) is 1. The van der Waals surface area contributed by atoms with Gasteiger partial charge in [-0.2, -0.15) is 0 Å². The molecule has 18 heavy (non-hydrogen) atoms. The van der Waals surface area contributed by atoms with E-state index in [0.717, 1.165) is 12.1 Å². The first-order chi connectivity index (χ1) is 8.27. The lowest BCUT2D eigenvalue weighted by Crippen LogP contribution is -2.25. The van der Waals surface area contributed by atoms with Crippen LogP contribution in [-0.4, -0.2) is 20.9 Å². The van der Waals surface area contributed by atoms with Gasteiger partial charge in [0.1, 0.15) is 5.82 Å². The van der Waals surface area contributed by atoms with Crippen molar-refractivity contribution in [3.8, 4) is 0 Å². The minimum Gasteiger partial charge on any atom is -0.352 e. The second-order valence-electron chi connectivity index (χ2n) is 3.56. The van der Waals surface area contributed by atoms with E-state index in [4.69, 9.17) is 5.14 Å². The van der Waals surface area contributed by atoms with Gasteiger partial charge in [-0.25, -0.2) is 17.9 Å². The number of nitrogens with two attached hydrogens (primary N) is 1. The van der Waals surface area contributed by atoms with E-state index >= 15 is 0 Å². The molecule has 3 N–H and O–H groups in total. The smallest absolute Gasteiger partial charge is 0.254 e. The Morgan fingerprint density at radius 1 is 1.50 bits per heavy atom. The van der Waals surface area contributed by atoms with Crippen LogP contribution >= 0.6 is 15.9 Å². The number of carbonyl (C=O) groups excluding carboxylic acids is 1. The molecule has 0 radical (unpaired) electrons. The Bertz CT molecular complexity index is 575. The second-order valence-corrected chi connectivity index (χ2v) is 5.95. The number of benzene rings is 1. The number of halogens is 2. The summed E-state index contributed by atoms with van der Waals surface area (Å²) in [5.41, 5.74) is -0.351. The molecule has 0 aromatic heterocycles. The highest BCUT2D eigenvalue weighted by Crippen LogP contribution is 2.24. The first kappa shape index (κ1) is 15.1. The average Bonchev–Trinajstić information content (AvgIpc) is 2.24. The molecule has 0 spiro atoms. The molecule has 0 saturated heterocycles. The van der Waals surface area contributed by atoms with Crippen LogP contribution in [0, 0.1) is 5.82 Å². The van der Waals surface area contributed by atoms with Crippen LogP contribution in [0.25, 0.3) is 0 Å². The number of rotatable bonds is 4. The van der Waals surface area contributed by atoms with Gasteiger partial charge in [-0.3, -0.25) is 4.79 Å². The van der Waals surface area contributed by atoms with Crippen LogP contribution in [0.15, 0.2) is 21.5 Å². The second kappa shape index (κ2) is 5.77. The van der Waals surface area contributed by atoms with Gasteiger partial charge in [0.2, 0.25) is 10.0 Å². The number of amides is 1. The molecule has 0 unspecified atom stereocenters. The van der Waals surface area contributed by atoms with Crippen molar-refractivity contribution >= 4 is 31.9 Å². The molecule has 0 aliphatic heterocycles. The first-order valence-electron chi connectivity index (χ1n) is 5.07. The largest absolute Gasteiger partial charge is 0.352 e. The lowest BCUT2D eigenvalue weighted by molar-refractivity contribution is 0.0949. The fourth-order valence-electron chi connectivity index (χ4n) is 1.25. The molecular weight excluding hydrogens is 327 g/mol. The molecule has 1 aromatic carbocycles. The van der Waals surface area contributed by atoms with Crippen molar-refractivity contribution in [3.63, 3.8) is 0 Å². The summed E-state index contributed by atoms with van der Waals surface area (Å²) in [4.78, 5) is 11.3. The Labute approximate surface area is 113 Å². The van der Waals surface area contributed by atoms with E-state index in [0.29, 0.717) is 13.0 Å². The Hall–Kier alpha value is -0.990. The van der Waals surface area contributed by atoms with E-state index in [2.05, 4.69) is 21.2 Å². The zero-order chi connectivity index (χ0) is 13.9. The van der Waals surface area contributed by atoms with Crippen molar-refractivity contribution in [3.05, 3.63) is 28.0 Å². The van der Waals surface area contributed by atoms with Crippen LogP contribution in [0.3, 0.4) is 0 Å². The predicted molar refractivity (Wildman–Crippen MR) is 68.1 cm³/mol. The number of hydrogen-bond acceptors (Lipinski definition) is 3. The van der Waals surface area contributed by atoms with Gasteiger partial charge in [-0.15, -0.1) is 0 Å². The maximum absolute atomic E-state index is 13.6. The van der Waals surface area contributed by atoms with Crippen molar-refractivity contribution in [2.24, 2.45) is 5.14 Å². The molecule has 100 valence electrons. The fourth-order valence-corrected chi connectivity index (χ4v) is 2.86. The molecule has 0 heterocycles. The Kier molecular flexibility index (Phi) is 4.83. The Balaban J connectivity index is 3.26. The van der Waals surface area contributed by atoms with Crippen LogP contribution in [0.5, 0.6) is 0 Å². The third-order valence-electron chi connectivity index (χ3n) is 2.11. The number of primary sulfonamides is 1. The molecule has 5 nitrogen and oxygen atoms in total. The highest BCUT2D eigenvalue weighted by Gasteiger charge is 2.20. The van der Waals surface area contributed by atoms with Gasteiger partial charge in [0.05, 0.1) is 10.5 Å². The minimum absolute atomic E-state index is 0.0189. The fraction of sp³-hybridized carbons (Fsp3) is 0.300. The summed E-state index contributed by atoms with van der Waals surface area (Å²) in [6.45, 7) is 2.22. The van der Waals surface area contributed by atoms with Crippen LogP contribution in [-0.2, 0) is 10.0 Å². The van der Waals surface area contributed by atoms with Gasteiger partial charge >= 0.3 is 0 Å². The van der Waals surface area contributed by atoms with Gasteiger partial charge < -0.3 is 5.32 Å². The molecule has 0 aliphatic rings. The van der Waals surface area contributed by atoms with Gasteiger partial charge in [0, 0.05) is 11.0 Å². The van der Waals surface area contributed by atoms with E-state index in [1.807, 2.05) is 6.92 Å². The predicted octanol–water partition coefficient (Wildman–Crippen LogP) is 1.38.